The average Bonchev–Trinajstić information content (AvgIpc) is 3.09. The lowest BCUT2D eigenvalue weighted by Crippen LogP contribution is -2.54. The number of piperidine rings is 1. The predicted molar refractivity (Wildman–Crippen MR) is 115 cm³/mol. The molecule has 4 rings (SSSR count). The maximum absolute atomic E-state index is 13.2. The summed E-state index contributed by atoms with van der Waals surface area (Å²) in [6, 6.07) is 8.81. The van der Waals surface area contributed by atoms with Gasteiger partial charge >= 0.3 is 0 Å². The number of benzene rings is 1. The minimum absolute atomic E-state index is 0.0387. The van der Waals surface area contributed by atoms with Gasteiger partial charge in [0, 0.05) is 30.0 Å². The highest BCUT2D eigenvalue weighted by Crippen LogP contribution is 2.32. The van der Waals surface area contributed by atoms with E-state index >= 15 is 0 Å². The number of hydrogen-bond donors (Lipinski definition) is 2. The Bertz CT molecular complexity index is 1070. The molecule has 0 saturated carbocycles. The number of anilines is 1. The summed E-state index contributed by atoms with van der Waals surface area (Å²) in [7, 11) is -3.58. The van der Waals surface area contributed by atoms with E-state index in [0.717, 1.165) is 24.2 Å². The molecule has 3 heterocycles. The van der Waals surface area contributed by atoms with Gasteiger partial charge in [-0.25, -0.2) is 8.42 Å². The zero-order chi connectivity index (χ0) is 21.7. The van der Waals surface area contributed by atoms with Crippen LogP contribution in [0.25, 0.3) is 0 Å². The average molecular weight is 432 g/mol. The highest BCUT2D eigenvalue weighted by atomic mass is 32.2. The number of hydrogen-bond acceptors (Lipinski definition) is 5. The molecule has 1 aromatic heterocycles. The molecule has 162 valence electrons. The molecule has 8 heteroatoms. The van der Waals surface area contributed by atoms with Crippen molar-refractivity contribution in [2.45, 2.75) is 57.0 Å². The molecule has 2 aliphatic rings. The van der Waals surface area contributed by atoms with Crippen molar-refractivity contribution in [2.24, 2.45) is 5.92 Å². The number of nitrogens with zero attached hydrogens (tertiary/aromatic N) is 1. The summed E-state index contributed by atoms with van der Waals surface area (Å²) in [5, 5.41) is 3.31. The normalized spacial score (nSPS) is 23.5. The standard InChI is InChI=1S/C22H29N3O4S/c1-14-12-18(22(2,3)4)29-19(14)21(26)25-11-7-8-15(13-25)20-23-16-9-5-6-10-17(16)30(27,28)24-20/h5-6,9-10,12,15,20,23-24H,7-8,11,13H2,1-4H3. The number of carbonyl (C=O) groups excluding carboxylic acids is 1. The fourth-order valence-electron chi connectivity index (χ4n) is 4.14. The summed E-state index contributed by atoms with van der Waals surface area (Å²) in [6.07, 6.45) is 1.18. The molecule has 1 saturated heterocycles. The van der Waals surface area contributed by atoms with Crippen LogP contribution in [0.3, 0.4) is 0 Å². The van der Waals surface area contributed by atoms with Gasteiger partial charge in [0.25, 0.3) is 5.91 Å². The van der Waals surface area contributed by atoms with Gasteiger partial charge in [-0.1, -0.05) is 32.9 Å². The molecule has 0 radical (unpaired) electrons. The first kappa shape index (κ1) is 20.9. The SMILES string of the molecule is Cc1cc(C(C)(C)C)oc1C(=O)N1CCCC(C2Nc3ccccc3S(=O)(=O)N2)C1. The van der Waals surface area contributed by atoms with Crippen LogP contribution in [-0.4, -0.2) is 38.5 Å². The van der Waals surface area contributed by atoms with E-state index in [2.05, 4.69) is 30.8 Å². The molecule has 2 N–H and O–H groups in total. The van der Waals surface area contributed by atoms with Crippen LogP contribution in [-0.2, 0) is 15.4 Å². The van der Waals surface area contributed by atoms with E-state index in [1.165, 1.54) is 0 Å². The van der Waals surface area contributed by atoms with Crippen molar-refractivity contribution < 1.29 is 17.6 Å². The number of rotatable bonds is 2. The number of furan rings is 1. The van der Waals surface area contributed by atoms with Gasteiger partial charge in [-0.2, -0.15) is 4.72 Å². The van der Waals surface area contributed by atoms with Crippen molar-refractivity contribution in [1.82, 2.24) is 9.62 Å². The number of sulfonamides is 1. The van der Waals surface area contributed by atoms with E-state index in [9.17, 15) is 13.2 Å². The quantitative estimate of drug-likeness (QED) is 0.760. The van der Waals surface area contributed by atoms with Gasteiger partial charge in [-0.15, -0.1) is 0 Å². The highest BCUT2D eigenvalue weighted by molar-refractivity contribution is 7.89. The molecular formula is C22H29N3O4S. The number of fused-ring (bicyclic) bond motifs is 1. The third kappa shape index (κ3) is 3.86. The third-order valence-electron chi connectivity index (χ3n) is 5.84. The number of nitrogens with one attached hydrogen (secondary N) is 2. The van der Waals surface area contributed by atoms with Gasteiger partial charge in [-0.05, 0) is 38.0 Å². The van der Waals surface area contributed by atoms with Gasteiger partial charge in [0.15, 0.2) is 5.76 Å². The Kier molecular flexibility index (Phi) is 5.18. The lowest BCUT2D eigenvalue weighted by Gasteiger charge is -2.39. The highest BCUT2D eigenvalue weighted by Gasteiger charge is 2.37. The number of amides is 1. The van der Waals surface area contributed by atoms with Crippen LogP contribution in [0.5, 0.6) is 0 Å². The Labute approximate surface area is 177 Å². The molecular weight excluding hydrogens is 402 g/mol. The van der Waals surface area contributed by atoms with Gasteiger partial charge in [0.2, 0.25) is 10.0 Å². The summed E-state index contributed by atoms with van der Waals surface area (Å²) >= 11 is 0. The molecule has 1 amide bonds. The van der Waals surface area contributed by atoms with Crippen molar-refractivity contribution in [1.29, 1.82) is 0 Å². The maximum Gasteiger partial charge on any atom is 0.289 e. The predicted octanol–water partition coefficient (Wildman–Crippen LogP) is 3.47. The first-order chi connectivity index (χ1) is 14.1. The van der Waals surface area contributed by atoms with Crippen molar-refractivity contribution in [3.8, 4) is 0 Å². The zero-order valence-electron chi connectivity index (χ0n) is 17.9. The van der Waals surface area contributed by atoms with Gasteiger partial charge in [0.05, 0.1) is 11.9 Å². The van der Waals surface area contributed by atoms with Crippen LogP contribution < -0.4 is 10.0 Å². The fraction of sp³-hybridized carbons (Fsp3) is 0.500. The Hall–Kier alpha value is -2.32. The second-order valence-corrected chi connectivity index (χ2v) is 10.9. The molecule has 30 heavy (non-hydrogen) atoms. The van der Waals surface area contributed by atoms with Crippen LogP contribution in [0.1, 0.15) is 55.5 Å². The van der Waals surface area contributed by atoms with Crippen LogP contribution in [0.15, 0.2) is 39.6 Å². The van der Waals surface area contributed by atoms with Crippen molar-refractivity contribution >= 4 is 21.6 Å². The molecule has 0 spiro atoms. The van der Waals surface area contributed by atoms with Crippen LogP contribution in [0, 0.1) is 12.8 Å². The van der Waals surface area contributed by atoms with E-state index in [0.29, 0.717) is 24.5 Å². The molecule has 7 nitrogen and oxygen atoms in total. The number of para-hydroxylation sites is 1. The van der Waals surface area contributed by atoms with E-state index in [1.54, 1.807) is 23.1 Å². The van der Waals surface area contributed by atoms with Crippen LogP contribution in [0.4, 0.5) is 5.69 Å². The third-order valence-corrected chi connectivity index (χ3v) is 7.34. The Morgan fingerprint density at radius 3 is 2.67 bits per heavy atom. The summed E-state index contributed by atoms with van der Waals surface area (Å²) in [6.45, 7) is 9.14. The lowest BCUT2D eigenvalue weighted by molar-refractivity contribution is 0.0622. The number of aryl methyl sites for hydroxylation is 1. The van der Waals surface area contributed by atoms with Crippen molar-refractivity contribution in [3.05, 3.63) is 47.4 Å². The van der Waals surface area contributed by atoms with E-state index in [1.807, 2.05) is 19.1 Å². The number of carbonyl (C=O) groups is 1. The van der Waals surface area contributed by atoms with Gasteiger partial charge in [0.1, 0.15) is 10.7 Å². The van der Waals surface area contributed by atoms with E-state index < -0.39 is 16.2 Å². The Morgan fingerprint density at radius 1 is 1.23 bits per heavy atom. The zero-order valence-corrected chi connectivity index (χ0v) is 18.7. The fourth-order valence-corrected chi connectivity index (χ4v) is 5.52. The van der Waals surface area contributed by atoms with Crippen LogP contribution >= 0.6 is 0 Å². The topological polar surface area (TPSA) is 91.7 Å². The minimum Gasteiger partial charge on any atom is -0.455 e. The summed E-state index contributed by atoms with van der Waals surface area (Å²) < 4.78 is 34.0. The Balaban J connectivity index is 1.53. The smallest absolute Gasteiger partial charge is 0.289 e. The van der Waals surface area contributed by atoms with Crippen molar-refractivity contribution in [3.63, 3.8) is 0 Å². The molecule has 2 atom stereocenters. The molecule has 2 unspecified atom stereocenters. The summed E-state index contributed by atoms with van der Waals surface area (Å²) in [5.41, 5.74) is 1.25. The lowest BCUT2D eigenvalue weighted by atomic mass is 9.93. The maximum atomic E-state index is 13.2. The van der Waals surface area contributed by atoms with E-state index in [4.69, 9.17) is 4.42 Å². The van der Waals surface area contributed by atoms with Gasteiger partial charge in [-0.3, -0.25) is 4.79 Å². The largest absolute Gasteiger partial charge is 0.455 e. The molecule has 2 aliphatic heterocycles. The monoisotopic (exact) mass is 431 g/mol. The molecule has 0 aliphatic carbocycles. The van der Waals surface area contributed by atoms with E-state index in [-0.39, 0.29) is 22.1 Å². The Morgan fingerprint density at radius 2 is 1.97 bits per heavy atom. The first-order valence-corrected chi connectivity index (χ1v) is 11.8. The summed E-state index contributed by atoms with van der Waals surface area (Å²) in [4.78, 5) is 15.2. The molecule has 0 bridgehead atoms. The summed E-state index contributed by atoms with van der Waals surface area (Å²) in [5.74, 6) is 0.994. The second kappa shape index (κ2) is 7.42. The molecule has 2 aromatic rings. The molecule has 1 fully saturated rings. The minimum atomic E-state index is -3.58. The first-order valence-electron chi connectivity index (χ1n) is 10.3. The van der Waals surface area contributed by atoms with Crippen LogP contribution in [0.2, 0.25) is 0 Å². The second-order valence-electron chi connectivity index (χ2n) is 9.27. The van der Waals surface area contributed by atoms with Gasteiger partial charge < -0.3 is 14.6 Å². The molecule has 1 aromatic carbocycles. The van der Waals surface area contributed by atoms with Crippen molar-refractivity contribution in [2.75, 3.05) is 18.4 Å². The number of likely N-dealkylation sites (tertiary alicyclic amines) is 1.